The number of allylic oxidation sites excluding steroid dienone is 2. The van der Waals surface area contributed by atoms with Crippen molar-refractivity contribution in [2.75, 3.05) is 14.2 Å². The number of carbonyl (C=O) groups excluding carboxylic acids is 4. The average Bonchev–Trinajstić information content (AvgIpc) is 3.08. The first kappa shape index (κ1) is 38.1. The predicted octanol–water partition coefficient (Wildman–Crippen LogP) is 3.46. The SMILES string of the molecule is CCCC(N)C(N)C(=O)Oc1ccc(/C=C/C(=O)C2CCC/C(=C\c3ccc(OC(=O)C(N)C(N)CCC)c(OC)c3)C2=O)cc1OC. The molecule has 1 saturated carbocycles. The molecule has 5 atom stereocenters. The molecule has 0 heterocycles. The Morgan fingerprint density at radius 1 is 0.792 bits per heavy atom. The van der Waals surface area contributed by atoms with Gasteiger partial charge in [-0.1, -0.05) is 44.9 Å². The molecule has 0 amide bonds. The molecule has 1 aliphatic carbocycles. The monoisotopic (exact) mass is 664 g/mol. The van der Waals surface area contributed by atoms with E-state index >= 15 is 0 Å². The van der Waals surface area contributed by atoms with Crippen molar-refractivity contribution in [2.45, 2.75) is 83.0 Å². The number of ketones is 2. The third kappa shape index (κ3) is 10.1. The van der Waals surface area contributed by atoms with Crippen LogP contribution in [-0.4, -0.2) is 61.9 Å². The molecule has 5 unspecified atom stereocenters. The topological polar surface area (TPSA) is 209 Å². The summed E-state index contributed by atoms with van der Waals surface area (Å²) in [6, 6.07) is 6.69. The normalized spacial score (nSPS) is 18.2. The van der Waals surface area contributed by atoms with Crippen LogP contribution in [0.5, 0.6) is 23.0 Å². The second-order valence-electron chi connectivity index (χ2n) is 11.8. The highest BCUT2D eigenvalue weighted by atomic mass is 16.6. The van der Waals surface area contributed by atoms with Crippen LogP contribution in [0.2, 0.25) is 0 Å². The van der Waals surface area contributed by atoms with Crippen molar-refractivity contribution >= 4 is 35.7 Å². The van der Waals surface area contributed by atoms with Gasteiger partial charge in [-0.2, -0.15) is 0 Å². The number of methoxy groups -OCH3 is 2. The van der Waals surface area contributed by atoms with Crippen molar-refractivity contribution in [1.29, 1.82) is 0 Å². The number of esters is 2. The van der Waals surface area contributed by atoms with Crippen LogP contribution in [0.1, 0.15) is 69.9 Å². The van der Waals surface area contributed by atoms with Gasteiger partial charge in [0.15, 0.2) is 34.6 Å². The van der Waals surface area contributed by atoms with Crippen LogP contribution in [0.15, 0.2) is 48.0 Å². The third-order valence-corrected chi connectivity index (χ3v) is 8.20. The molecule has 8 N–H and O–H groups in total. The number of benzene rings is 2. The van der Waals surface area contributed by atoms with E-state index in [0.29, 0.717) is 48.8 Å². The molecular weight excluding hydrogens is 616 g/mol. The van der Waals surface area contributed by atoms with Crippen LogP contribution >= 0.6 is 0 Å². The summed E-state index contributed by atoms with van der Waals surface area (Å²) < 4.78 is 21.7. The van der Waals surface area contributed by atoms with Gasteiger partial charge in [-0.3, -0.25) is 9.59 Å². The van der Waals surface area contributed by atoms with E-state index in [4.69, 9.17) is 41.9 Å². The molecule has 3 rings (SSSR count). The molecule has 260 valence electrons. The highest BCUT2D eigenvalue weighted by molar-refractivity contribution is 6.16. The van der Waals surface area contributed by atoms with E-state index < -0.39 is 42.0 Å². The molecule has 1 aliphatic rings. The quantitative estimate of drug-likeness (QED) is 0.0880. The van der Waals surface area contributed by atoms with Crippen molar-refractivity contribution in [1.82, 2.24) is 0 Å². The second kappa shape index (κ2) is 18.3. The number of carbonyl (C=O) groups is 4. The summed E-state index contributed by atoms with van der Waals surface area (Å²) in [4.78, 5) is 51.6. The summed E-state index contributed by atoms with van der Waals surface area (Å²) in [6.45, 7) is 3.90. The molecule has 0 radical (unpaired) electrons. The Kier molecular flexibility index (Phi) is 14.5. The van der Waals surface area contributed by atoms with Gasteiger partial charge < -0.3 is 41.9 Å². The van der Waals surface area contributed by atoms with Crippen LogP contribution in [0.4, 0.5) is 0 Å². The number of rotatable bonds is 16. The van der Waals surface area contributed by atoms with E-state index in [1.165, 1.54) is 20.3 Å². The Hall–Kier alpha value is -4.36. The average molecular weight is 665 g/mol. The van der Waals surface area contributed by atoms with Crippen molar-refractivity contribution in [3.05, 3.63) is 59.2 Å². The molecule has 48 heavy (non-hydrogen) atoms. The summed E-state index contributed by atoms with van der Waals surface area (Å²) in [5.41, 5.74) is 25.6. The maximum absolute atomic E-state index is 13.4. The highest BCUT2D eigenvalue weighted by Gasteiger charge is 2.31. The molecule has 1 fully saturated rings. The van der Waals surface area contributed by atoms with Gasteiger partial charge in [-0.25, -0.2) is 9.59 Å². The highest BCUT2D eigenvalue weighted by Crippen LogP contribution is 2.33. The molecule has 2 aromatic carbocycles. The standard InChI is InChI=1S/C36H48N4O8/c1-5-8-25(37)32(39)35(43)47-28-16-13-21(19-30(28)45-3)12-15-27(41)24-11-7-10-23(34(24)42)18-22-14-17-29(31(20-22)46-4)48-36(44)33(40)26(38)9-6-2/h12-20,24-26,32-33H,5-11,37-40H2,1-4H3/b15-12+,23-18+. The Labute approximate surface area is 281 Å². The summed E-state index contributed by atoms with van der Waals surface area (Å²) in [7, 11) is 2.87. The Morgan fingerprint density at radius 3 is 1.79 bits per heavy atom. The summed E-state index contributed by atoms with van der Waals surface area (Å²) >= 11 is 0. The largest absolute Gasteiger partial charge is 0.493 e. The Balaban J connectivity index is 1.70. The fourth-order valence-corrected chi connectivity index (χ4v) is 5.34. The van der Waals surface area contributed by atoms with E-state index in [1.807, 2.05) is 13.8 Å². The van der Waals surface area contributed by atoms with Crippen molar-refractivity contribution < 1.29 is 38.1 Å². The molecule has 0 aliphatic heterocycles. The van der Waals surface area contributed by atoms with E-state index in [-0.39, 0.29) is 34.6 Å². The van der Waals surface area contributed by atoms with Crippen LogP contribution in [0, 0.1) is 5.92 Å². The van der Waals surface area contributed by atoms with Crippen LogP contribution < -0.4 is 41.9 Å². The first-order valence-corrected chi connectivity index (χ1v) is 16.2. The minimum Gasteiger partial charge on any atom is -0.493 e. The van der Waals surface area contributed by atoms with E-state index in [0.717, 1.165) is 12.8 Å². The minimum atomic E-state index is -0.982. The molecule has 0 saturated heterocycles. The summed E-state index contributed by atoms with van der Waals surface area (Å²) in [6.07, 6.45) is 8.99. The Morgan fingerprint density at radius 2 is 1.29 bits per heavy atom. The summed E-state index contributed by atoms with van der Waals surface area (Å²) in [5.74, 6) is -1.83. The van der Waals surface area contributed by atoms with Gasteiger partial charge in [0.1, 0.15) is 12.1 Å². The van der Waals surface area contributed by atoms with Crippen LogP contribution in [0.25, 0.3) is 12.2 Å². The van der Waals surface area contributed by atoms with Gasteiger partial charge in [0.2, 0.25) is 0 Å². The van der Waals surface area contributed by atoms with Gasteiger partial charge in [0.05, 0.1) is 20.1 Å². The lowest BCUT2D eigenvalue weighted by atomic mass is 9.81. The minimum absolute atomic E-state index is 0.171. The lowest BCUT2D eigenvalue weighted by Gasteiger charge is -2.21. The zero-order valence-electron chi connectivity index (χ0n) is 28.1. The van der Waals surface area contributed by atoms with Crippen LogP contribution in [-0.2, 0) is 19.2 Å². The van der Waals surface area contributed by atoms with Crippen LogP contribution in [0.3, 0.4) is 0 Å². The van der Waals surface area contributed by atoms with Gasteiger partial charge in [-0.05, 0) is 85.2 Å². The van der Waals surface area contributed by atoms with E-state index in [2.05, 4.69) is 0 Å². The first-order valence-electron chi connectivity index (χ1n) is 16.2. The first-order chi connectivity index (χ1) is 22.9. The van der Waals surface area contributed by atoms with Crippen molar-refractivity contribution in [3.8, 4) is 23.0 Å². The molecule has 0 spiro atoms. The van der Waals surface area contributed by atoms with Gasteiger partial charge in [0.25, 0.3) is 0 Å². The lowest BCUT2D eigenvalue weighted by molar-refractivity contribution is -0.137. The Bertz CT molecular complexity index is 1520. The van der Waals surface area contributed by atoms with E-state index in [9.17, 15) is 19.2 Å². The zero-order valence-corrected chi connectivity index (χ0v) is 28.1. The fraction of sp³-hybridized carbons (Fsp3) is 0.444. The number of Topliss-reactive ketones (excluding diaryl/α,β-unsaturated/α-hetero) is 1. The summed E-state index contributed by atoms with van der Waals surface area (Å²) in [5, 5.41) is 0. The fourth-order valence-electron chi connectivity index (χ4n) is 5.34. The second-order valence-corrected chi connectivity index (χ2v) is 11.8. The molecule has 12 nitrogen and oxygen atoms in total. The zero-order chi connectivity index (χ0) is 35.4. The van der Waals surface area contributed by atoms with Crippen molar-refractivity contribution in [3.63, 3.8) is 0 Å². The number of hydrogen-bond acceptors (Lipinski definition) is 12. The van der Waals surface area contributed by atoms with E-state index in [1.54, 1.807) is 48.6 Å². The molecule has 12 heteroatoms. The maximum atomic E-state index is 13.4. The van der Waals surface area contributed by atoms with Crippen molar-refractivity contribution in [2.24, 2.45) is 28.9 Å². The third-order valence-electron chi connectivity index (χ3n) is 8.20. The number of nitrogens with two attached hydrogens (primary N) is 4. The predicted molar refractivity (Wildman–Crippen MR) is 183 cm³/mol. The number of ether oxygens (including phenoxy) is 4. The smallest absolute Gasteiger partial charge is 0.330 e. The number of hydrogen-bond donors (Lipinski definition) is 4. The van der Waals surface area contributed by atoms with Gasteiger partial charge >= 0.3 is 11.9 Å². The molecule has 2 aromatic rings. The maximum Gasteiger partial charge on any atom is 0.330 e. The van der Waals surface area contributed by atoms with Gasteiger partial charge in [0, 0.05) is 12.1 Å². The lowest BCUT2D eigenvalue weighted by Crippen LogP contribution is -2.48. The molecular formula is C36H48N4O8. The van der Waals surface area contributed by atoms with Gasteiger partial charge in [-0.15, -0.1) is 0 Å². The molecule has 0 aromatic heterocycles. The molecule has 0 bridgehead atoms.